The average Bonchev–Trinajstić information content (AvgIpc) is 2.66. The number of benzene rings is 1. The maximum atomic E-state index is 12.7. The van der Waals surface area contributed by atoms with E-state index < -0.39 is 15.5 Å². The first kappa shape index (κ1) is 23.3. The first-order valence-electron chi connectivity index (χ1n) is 9.52. The molecule has 1 aliphatic rings. The molecule has 0 bridgehead atoms. The van der Waals surface area contributed by atoms with Gasteiger partial charge >= 0.3 is 15.5 Å². The lowest BCUT2D eigenvalue weighted by atomic mass is 10.1. The summed E-state index contributed by atoms with van der Waals surface area (Å²) in [5, 5.41) is 15.6. The molecule has 3 N–H and O–H groups in total. The van der Waals surface area contributed by atoms with Crippen LogP contribution in [0.3, 0.4) is 0 Å². The van der Waals surface area contributed by atoms with E-state index in [1.165, 1.54) is 0 Å². The summed E-state index contributed by atoms with van der Waals surface area (Å²) in [6.45, 7) is 2.73. The Morgan fingerprint density at radius 3 is 2.41 bits per heavy atom. The van der Waals surface area contributed by atoms with Crippen molar-refractivity contribution in [3.05, 3.63) is 29.8 Å². The standard InChI is InChI=1S/C18H27F3N4O3S/c1-2-22-17(23-11-3-4-14-5-7-16(26)8-6-14)24-15-9-12-25(13-10-15)29(27,28)18(19,20)21/h5-8,15,26H,2-4,9-13H2,1H3,(H2,22,23,24). The van der Waals surface area contributed by atoms with Gasteiger partial charge in [-0.1, -0.05) is 12.1 Å². The molecule has 0 unspecified atom stereocenters. The van der Waals surface area contributed by atoms with Crippen LogP contribution in [0.4, 0.5) is 13.2 Å². The van der Waals surface area contributed by atoms with E-state index in [2.05, 4.69) is 15.6 Å². The molecule has 1 aromatic rings. The number of rotatable bonds is 7. The minimum Gasteiger partial charge on any atom is -0.508 e. The van der Waals surface area contributed by atoms with Gasteiger partial charge in [-0.25, -0.2) is 8.42 Å². The zero-order chi connectivity index (χ0) is 21.5. The summed E-state index contributed by atoms with van der Waals surface area (Å²) in [5.41, 5.74) is -4.17. The third-order valence-electron chi connectivity index (χ3n) is 4.60. The number of sulfonamides is 1. The molecule has 2 rings (SSSR count). The smallest absolute Gasteiger partial charge is 0.508 e. The Morgan fingerprint density at radius 2 is 1.86 bits per heavy atom. The first-order valence-corrected chi connectivity index (χ1v) is 11.0. The number of guanidine groups is 1. The molecule has 29 heavy (non-hydrogen) atoms. The van der Waals surface area contributed by atoms with E-state index in [0.29, 0.717) is 23.4 Å². The summed E-state index contributed by atoms with van der Waals surface area (Å²) in [7, 11) is -5.26. The van der Waals surface area contributed by atoms with Gasteiger partial charge < -0.3 is 15.7 Å². The third kappa shape index (κ3) is 6.77. The zero-order valence-corrected chi connectivity index (χ0v) is 17.1. The Balaban J connectivity index is 1.82. The first-order chi connectivity index (χ1) is 13.6. The SMILES string of the molecule is CCNC(=NCCCc1ccc(O)cc1)NC1CCN(S(=O)(=O)C(F)(F)F)CC1. The van der Waals surface area contributed by atoms with Crippen LogP contribution in [-0.2, 0) is 16.4 Å². The van der Waals surface area contributed by atoms with E-state index in [4.69, 9.17) is 0 Å². The summed E-state index contributed by atoms with van der Waals surface area (Å²) in [6, 6.07) is 6.83. The van der Waals surface area contributed by atoms with Crippen LogP contribution in [0.25, 0.3) is 0 Å². The summed E-state index contributed by atoms with van der Waals surface area (Å²) >= 11 is 0. The van der Waals surface area contributed by atoms with E-state index in [0.717, 1.165) is 18.4 Å². The number of alkyl halides is 3. The van der Waals surface area contributed by atoms with Crippen molar-refractivity contribution in [2.45, 2.75) is 44.2 Å². The molecule has 1 aromatic carbocycles. The topological polar surface area (TPSA) is 94.0 Å². The molecular weight excluding hydrogens is 409 g/mol. The van der Waals surface area contributed by atoms with Crippen LogP contribution in [0.15, 0.2) is 29.3 Å². The Morgan fingerprint density at radius 1 is 1.24 bits per heavy atom. The number of aliphatic imine (C=N–C) groups is 1. The number of aromatic hydroxyl groups is 1. The lowest BCUT2D eigenvalue weighted by molar-refractivity contribution is -0.0494. The third-order valence-corrected chi connectivity index (χ3v) is 6.23. The molecule has 0 spiro atoms. The molecule has 0 aromatic heterocycles. The molecule has 0 saturated carbocycles. The van der Waals surface area contributed by atoms with Gasteiger partial charge in [-0.2, -0.15) is 17.5 Å². The normalized spacial score (nSPS) is 17.3. The van der Waals surface area contributed by atoms with Crippen molar-refractivity contribution in [2.75, 3.05) is 26.2 Å². The summed E-state index contributed by atoms with van der Waals surface area (Å²) < 4.78 is 61.4. The Bertz CT molecular complexity index is 775. The molecule has 1 heterocycles. The van der Waals surface area contributed by atoms with Crippen LogP contribution < -0.4 is 10.6 Å². The molecular formula is C18H27F3N4O3S. The fourth-order valence-corrected chi connectivity index (χ4v) is 4.02. The van der Waals surface area contributed by atoms with E-state index >= 15 is 0 Å². The number of hydrogen-bond donors (Lipinski definition) is 3. The number of phenols is 1. The van der Waals surface area contributed by atoms with Gasteiger partial charge in [-0.3, -0.25) is 4.99 Å². The largest absolute Gasteiger partial charge is 0.511 e. The maximum Gasteiger partial charge on any atom is 0.511 e. The molecule has 0 atom stereocenters. The summed E-state index contributed by atoms with van der Waals surface area (Å²) in [6.07, 6.45) is 2.14. The van der Waals surface area contributed by atoms with Crippen LogP contribution >= 0.6 is 0 Å². The Hall–Kier alpha value is -2.01. The highest BCUT2D eigenvalue weighted by Gasteiger charge is 2.50. The minimum atomic E-state index is -5.26. The fraction of sp³-hybridized carbons (Fsp3) is 0.611. The monoisotopic (exact) mass is 436 g/mol. The fourth-order valence-electron chi connectivity index (χ4n) is 3.04. The molecule has 0 aliphatic carbocycles. The van der Waals surface area contributed by atoms with Gasteiger partial charge in [0.05, 0.1) is 0 Å². The van der Waals surface area contributed by atoms with E-state index in [1.807, 2.05) is 19.1 Å². The number of hydrogen-bond acceptors (Lipinski definition) is 4. The van der Waals surface area contributed by atoms with E-state index in [-0.39, 0.29) is 37.7 Å². The van der Waals surface area contributed by atoms with Crippen LogP contribution in [0.1, 0.15) is 31.7 Å². The number of nitrogens with zero attached hydrogens (tertiary/aromatic N) is 2. The van der Waals surface area contributed by atoms with Crippen LogP contribution in [0, 0.1) is 0 Å². The number of halogens is 3. The van der Waals surface area contributed by atoms with Gasteiger partial charge in [0.1, 0.15) is 5.75 Å². The Kier molecular flexibility index (Phi) is 8.14. The predicted molar refractivity (Wildman–Crippen MR) is 105 cm³/mol. The highest BCUT2D eigenvalue weighted by Crippen LogP contribution is 2.28. The summed E-state index contributed by atoms with van der Waals surface area (Å²) in [5.74, 6) is 0.787. The Labute approximate surface area is 169 Å². The van der Waals surface area contributed by atoms with Crippen molar-refractivity contribution in [1.29, 1.82) is 0 Å². The highest BCUT2D eigenvalue weighted by atomic mass is 32.2. The molecule has 0 radical (unpaired) electrons. The molecule has 11 heteroatoms. The van der Waals surface area contributed by atoms with Gasteiger partial charge in [0, 0.05) is 32.2 Å². The van der Waals surface area contributed by atoms with Crippen LogP contribution in [-0.4, -0.2) is 61.5 Å². The molecule has 164 valence electrons. The molecule has 1 aliphatic heterocycles. The number of piperidine rings is 1. The number of phenolic OH excluding ortho intramolecular Hbond substituents is 1. The molecule has 1 saturated heterocycles. The molecule has 7 nitrogen and oxygen atoms in total. The lowest BCUT2D eigenvalue weighted by Gasteiger charge is -2.32. The average molecular weight is 437 g/mol. The zero-order valence-electron chi connectivity index (χ0n) is 16.2. The second-order valence-electron chi connectivity index (χ2n) is 6.80. The van der Waals surface area contributed by atoms with Crippen molar-refractivity contribution < 1.29 is 26.7 Å². The van der Waals surface area contributed by atoms with Crippen LogP contribution in [0.2, 0.25) is 0 Å². The van der Waals surface area contributed by atoms with Crippen molar-refractivity contribution in [1.82, 2.24) is 14.9 Å². The molecule has 1 fully saturated rings. The second-order valence-corrected chi connectivity index (χ2v) is 8.73. The van der Waals surface area contributed by atoms with Gasteiger partial charge in [-0.05, 0) is 50.3 Å². The van der Waals surface area contributed by atoms with E-state index in [1.54, 1.807) is 12.1 Å². The van der Waals surface area contributed by atoms with Crippen molar-refractivity contribution in [3.8, 4) is 5.75 Å². The summed E-state index contributed by atoms with van der Waals surface area (Å²) in [4.78, 5) is 4.48. The number of aryl methyl sites for hydroxylation is 1. The maximum absolute atomic E-state index is 12.7. The van der Waals surface area contributed by atoms with Gasteiger partial charge in [0.15, 0.2) is 5.96 Å². The predicted octanol–water partition coefficient (Wildman–Crippen LogP) is 2.19. The van der Waals surface area contributed by atoms with Crippen LogP contribution in [0.5, 0.6) is 5.75 Å². The van der Waals surface area contributed by atoms with Crippen molar-refractivity contribution >= 4 is 16.0 Å². The van der Waals surface area contributed by atoms with Crippen molar-refractivity contribution in [2.24, 2.45) is 4.99 Å². The van der Waals surface area contributed by atoms with Gasteiger partial charge in [0.2, 0.25) is 0 Å². The number of nitrogens with one attached hydrogen (secondary N) is 2. The highest BCUT2D eigenvalue weighted by molar-refractivity contribution is 7.90. The van der Waals surface area contributed by atoms with E-state index in [9.17, 15) is 26.7 Å². The molecule has 0 amide bonds. The van der Waals surface area contributed by atoms with Gasteiger partial charge in [0.25, 0.3) is 0 Å². The van der Waals surface area contributed by atoms with Gasteiger partial charge in [-0.15, -0.1) is 0 Å². The minimum absolute atomic E-state index is 0.149. The second kappa shape index (κ2) is 10.1. The van der Waals surface area contributed by atoms with Crippen molar-refractivity contribution in [3.63, 3.8) is 0 Å². The lowest BCUT2D eigenvalue weighted by Crippen LogP contribution is -2.51. The quantitative estimate of drug-likeness (QED) is 0.346.